The number of likely N-dealkylation sites (N-methyl/N-ethyl adjacent to an activating group) is 2. The van der Waals surface area contributed by atoms with Gasteiger partial charge >= 0.3 is 5.97 Å². The lowest BCUT2D eigenvalue weighted by Crippen LogP contribution is -2.54. The topological polar surface area (TPSA) is 52.6 Å². The molecule has 0 heterocycles. The summed E-state index contributed by atoms with van der Waals surface area (Å²) in [7, 11) is 3.57. The van der Waals surface area contributed by atoms with Gasteiger partial charge in [-0.2, -0.15) is 0 Å². The average molecular weight is 174 g/mol. The molecule has 0 bridgehead atoms. The molecule has 0 aliphatic heterocycles. The van der Waals surface area contributed by atoms with E-state index in [9.17, 15) is 4.79 Å². The summed E-state index contributed by atoms with van der Waals surface area (Å²) in [5.74, 6) is -0.815. The standard InChI is InChI=1S/C8H18N2O2/c1-5-10(4)6-8(2,9-3)7(11)12/h9H,5-6H2,1-4H3,(H,11,12). The maximum Gasteiger partial charge on any atom is 0.324 e. The van der Waals surface area contributed by atoms with Crippen LogP contribution in [0, 0.1) is 0 Å². The maximum atomic E-state index is 10.8. The molecule has 0 aromatic rings. The molecule has 0 spiro atoms. The number of hydrogen-bond acceptors (Lipinski definition) is 3. The molecule has 1 unspecified atom stereocenters. The molecule has 0 fully saturated rings. The average Bonchev–Trinajstić information content (AvgIpc) is 2.03. The number of carboxylic acids is 1. The van der Waals surface area contributed by atoms with Gasteiger partial charge in [-0.25, -0.2) is 0 Å². The second-order valence-corrected chi connectivity index (χ2v) is 3.22. The summed E-state index contributed by atoms with van der Waals surface area (Å²) >= 11 is 0. The highest BCUT2D eigenvalue weighted by Crippen LogP contribution is 2.04. The van der Waals surface area contributed by atoms with Gasteiger partial charge in [0.15, 0.2) is 0 Å². The first-order chi connectivity index (χ1) is 5.46. The molecule has 2 N–H and O–H groups in total. The van der Waals surface area contributed by atoms with Crippen molar-refractivity contribution in [2.75, 3.05) is 27.2 Å². The molecule has 1 atom stereocenters. The molecule has 0 aromatic carbocycles. The van der Waals surface area contributed by atoms with Crippen LogP contribution in [0.4, 0.5) is 0 Å². The third-order valence-electron chi connectivity index (χ3n) is 2.15. The Bertz CT molecular complexity index is 161. The van der Waals surface area contributed by atoms with E-state index in [1.807, 2.05) is 18.9 Å². The van der Waals surface area contributed by atoms with E-state index in [0.29, 0.717) is 6.54 Å². The van der Waals surface area contributed by atoms with Crippen molar-refractivity contribution in [3.05, 3.63) is 0 Å². The van der Waals surface area contributed by atoms with E-state index >= 15 is 0 Å². The van der Waals surface area contributed by atoms with Crippen LogP contribution in [-0.2, 0) is 4.79 Å². The van der Waals surface area contributed by atoms with E-state index in [0.717, 1.165) is 6.54 Å². The van der Waals surface area contributed by atoms with Crippen molar-refractivity contribution >= 4 is 5.97 Å². The van der Waals surface area contributed by atoms with Gasteiger partial charge in [-0.15, -0.1) is 0 Å². The SMILES string of the molecule is CCN(C)CC(C)(NC)C(=O)O. The molecule has 0 aliphatic carbocycles. The number of nitrogens with zero attached hydrogens (tertiary/aromatic N) is 1. The molecule has 0 aromatic heterocycles. The number of carboxylic acid groups (broad SMARTS) is 1. The molecule has 0 saturated carbocycles. The molecule has 0 amide bonds. The van der Waals surface area contributed by atoms with Gasteiger partial charge in [0.1, 0.15) is 5.54 Å². The van der Waals surface area contributed by atoms with Crippen LogP contribution in [0.5, 0.6) is 0 Å². The number of aliphatic carboxylic acids is 1. The lowest BCUT2D eigenvalue weighted by molar-refractivity contribution is -0.144. The van der Waals surface area contributed by atoms with Gasteiger partial charge in [0.2, 0.25) is 0 Å². The minimum atomic E-state index is -0.842. The number of carbonyl (C=O) groups is 1. The minimum Gasteiger partial charge on any atom is -0.480 e. The highest BCUT2D eigenvalue weighted by Gasteiger charge is 2.31. The van der Waals surface area contributed by atoms with Crippen LogP contribution in [0.25, 0.3) is 0 Å². The molecule has 0 radical (unpaired) electrons. The molecule has 0 aliphatic rings. The van der Waals surface area contributed by atoms with Crippen LogP contribution in [0.1, 0.15) is 13.8 Å². The highest BCUT2D eigenvalue weighted by atomic mass is 16.4. The van der Waals surface area contributed by atoms with E-state index in [2.05, 4.69) is 5.32 Å². The fraction of sp³-hybridized carbons (Fsp3) is 0.875. The summed E-state index contributed by atoms with van der Waals surface area (Å²) in [5.41, 5.74) is -0.842. The summed E-state index contributed by atoms with van der Waals surface area (Å²) < 4.78 is 0. The van der Waals surface area contributed by atoms with Crippen LogP contribution in [0.3, 0.4) is 0 Å². The Morgan fingerprint density at radius 2 is 2.17 bits per heavy atom. The highest BCUT2D eigenvalue weighted by molar-refractivity contribution is 5.78. The fourth-order valence-electron chi connectivity index (χ4n) is 0.905. The smallest absolute Gasteiger partial charge is 0.324 e. The summed E-state index contributed by atoms with van der Waals surface area (Å²) in [6.07, 6.45) is 0. The predicted octanol–water partition coefficient (Wildman–Crippen LogP) is 0.000800. The van der Waals surface area contributed by atoms with E-state index < -0.39 is 11.5 Å². The van der Waals surface area contributed by atoms with Crippen LogP contribution < -0.4 is 5.32 Å². The first-order valence-electron chi connectivity index (χ1n) is 4.07. The van der Waals surface area contributed by atoms with Crippen molar-refractivity contribution in [1.29, 1.82) is 0 Å². The van der Waals surface area contributed by atoms with Crippen LogP contribution in [0.2, 0.25) is 0 Å². The third-order valence-corrected chi connectivity index (χ3v) is 2.15. The number of hydrogen-bond donors (Lipinski definition) is 2. The van der Waals surface area contributed by atoms with E-state index in [1.165, 1.54) is 0 Å². The van der Waals surface area contributed by atoms with Crippen molar-refractivity contribution in [3.63, 3.8) is 0 Å². The Kier molecular flexibility index (Phi) is 4.20. The molecular formula is C8H18N2O2. The molecular weight excluding hydrogens is 156 g/mol. The van der Waals surface area contributed by atoms with Gasteiger partial charge in [0, 0.05) is 6.54 Å². The molecule has 0 rings (SSSR count). The monoisotopic (exact) mass is 174 g/mol. The van der Waals surface area contributed by atoms with E-state index in [4.69, 9.17) is 5.11 Å². The molecule has 0 saturated heterocycles. The summed E-state index contributed by atoms with van der Waals surface area (Å²) in [5, 5.41) is 11.7. The second-order valence-electron chi connectivity index (χ2n) is 3.22. The Hall–Kier alpha value is -0.610. The zero-order valence-corrected chi connectivity index (χ0v) is 8.22. The van der Waals surface area contributed by atoms with Gasteiger partial charge in [0.05, 0.1) is 0 Å². The lowest BCUT2D eigenvalue weighted by atomic mass is 10.0. The maximum absolute atomic E-state index is 10.8. The summed E-state index contributed by atoms with van der Waals surface area (Å²) in [6.45, 7) is 5.04. The van der Waals surface area contributed by atoms with Gasteiger partial charge in [-0.05, 0) is 27.6 Å². The number of nitrogens with one attached hydrogen (secondary N) is 1. The molecule has 4 nitrogen and oxygen atoms in total. The van der Waals surface area contributed by atoms with Gasteiger partial charge < -0.3 is 15.3 Å². The van der Waals surface area contributed by atoms with Crippen molar-refractivity contribution in [3.8, 4) is 0 Å². The fourth-order valence-corrected chi connectivity index (χ4v) is 0.905. The first-order valence-corrected chi connectivity index (χ1v) is 4.07. The van der Waals surface area contributed by atoms with Gasteiger partial charge in [-0.1, -0.05) is 6.92 Å². The summed E-state index contributed by atoms with van der Waals surface area (Å²) in [6, 6.07) is 0. The molecule has 12 heavy (non-hydrogen) atoms. The second kappa shape index (κ2) is 4.42. The quantitative estimate of drug-likeness (QED) is 0.616. The van der Waals surface area contributed by atoms with E-state index in [-0.39, 0.29) is 0 Å². The van der Waals surface area contributed by atoms with E-state index in [1.54, 1.807) is 14.0 Å². The third kappa shape index (κ3) is 2.79. The van der Waals surface area contributed by atoms with Crippen molar-refractivity contribution in [1.82, 2.24) is 10.2 Å². The first kappa shape index (κ1) is 11.4. The van der Waals surface area contributed by atoms with Gasteiger partial charge in [0.25, 0.3) is 0 Å². The van der Waals surface area contributed by atoms with Crippen LogP contribution >= 0.6 is 0 Å². The Balaban J connectivity index is 4.23. The summed E-state index contributed by atoms with van der Waals surface area (Å²) in [4.78, 5) is 12.8. The van der Waals surface area contributed by atoms with Gasteiger partial charge in [-0.3, -0.25) is 4.79 Å². The molecule has 4 heteroatoms. The van der Waals surface area contributed by atoms with Crippen molar-refractivity contribution in [2.45, 2.75) is 19.4 Å². The normalized spacial score (nSPS) is 16.1. The number of rotatable bonds is 5. The Morgan fingerprint density at radius 1 is 1.67 bits per heavy atom. The lowest BCUT2D eigenvalue weighted by Gasteiger charge is -2.28. The van der Waals surface area contributed by atoms with Crippen molar-refractivity contribution in [2.24, 2.45) is 0 Å². The Morgan fingerprint density at radius 3 is 2.42 bits per heavy atom. The largest absolute Gasteiger partial charge is 0.480 e. The minimum absolute atomic E-state index is 0.509. The zero-order valence-electron chi connectivity index (χ0n) is 8.22. The Labute approximate surface area is 73.6 Å². The van der Waals surface area contributed by atoms with Crippen LogP contribution in [-0.4, -0.2) is 48.7 Å². The zero-order chi connectivity index (χ0) is 9.78. The van der Waals surface area contributed by atoms with Crippen molar-refractivity contribution < 1.29 is 9.90 Å². The predicted molar refractivity (Wildman–Crippen MR) is 48.3 cm³/mol. The molecule has 72 valence electrons. The van der Waals surface area contributed by atoms with Crippen LogP contribution in [0.15, 0.2) is 0 Å².